The number of esters is 3. The summed E-state index contributed by atoms with van der Waals surface area (Å²) in [4.78, 5) is 38.0. The molecule has 6 nitrogen and oxygen atoms in total. The smallest absolute Gasteiger partial charge is 0.306 e. The van der Waals surface area contributed by atoms with Crippen molar-refractivity contribution in [3.63, 3.8) is 0 Å². The van der Waals surface area contributed by atoms with Crippen LogP contribution in [0.25, 0.3) is 0 Å². The first-order valence-corrected chi connectivity index (χ1v) is 25.8. The molecule has 358 valence electrons. The predicted octanol–water partition coefficient (Wildman–Crippen LogP) is 17.0. The van der Waals surface area contributed by atoms with Gasteiger partial charge in [-0.1, -0.05) is 221 Å². The van der Waals surface area contributed by atoms with E-state index in [4.69, 9.17) is 14.2 Å². The van der Waals surface area contributed by atoms with Crippen LogP contribution in [0.15, 0.2) is 97.2 Å². The fourth-order valence-corrected chi connectivity index (χ4v) is 6.82. The molecule has 0 saturated heterocycles. The standard InChI is InChI=1S/C57H94O6/c1-4-7-10-13-16-19-22-25-26-27-28-29-30-33-35-38-41-44-47-50-56(59)62-53-54(63-57(60)51-48-45-42-39-36-32-24-21-18-15-12-9-6-3)52-61-55(58)49-46-43-40-37-34-31-23-20-17-14-11-8-5-2/h7,9-10,12,15-16,18-19,21,24-26,28-29,33,35,54H,4-6,8,11,13-14,17,20,22-23,27,30-32,34,36-53H2,1-3H3/b10-7-,12-9-,18-15-,19-16-,24-21-,26-25-,29-28-,35-33-. The third-order valence-corrected chi connectivity index (χ3v) is 10.6. The van der Waals surface area contributed by atoms with Crippen molar-refractivity contribution < 1.29 is 28.6 Å². The average molecular weight is 875 g/mol. The molecule has 0 spiro atoms. The molecule has 1 unspecified atom stereocenters. The summed E-state index contributed by atoms with van der Waals surface area (Å²) in [5.74, 6) is -0.953. The lowest BCUT2D eigenvalue weighted by molar-refractivity contribution is -0.167. The number of hydrogen-bond acceptors (Lipinski definition) is 6. The van der Waals surface area contributed by atoms with E-state index in [9.17, 15) is 14.4 Å². The fraction of sp³-hybridized carbons (Fsp3) is 0.667. The minimum absolute atomic E-state index is 0.0961. The van der Waals surface area contributed by atoms with Crippen LogP contribution in [0.4, 0.5) is 0 Å². The molecule has 63 heavy (non-hydrogen) atoms. The van der Waals surface area contributed by atoms with Gasteiger partial charge in [-0.05, 0) is 83.5 Å². The quantitative estimate of drug-likeness (QED) is 0.0199. The average Bonchev–Trinajstić information content (AvgIpc) is 3.28. The van der Waals surface area contributed by atoms with E-state index in [2.05, 4.69) is 118 Å². The minimum Gasteiger partial charge on any atom is -0.462 e. The summed E-state index contributed by atoms with van der Waals surface area (Å²) in [5.41, 5.74) is 0. The van der Waals surface area contributed by atoms with E-state index < -0.39 is 6.10 Å². The van der Waals surface area contributed by atoms with E-state index in [1.165, 1.54) is 64.2 Å². The predicted molar refractivity (Wildman–Crippen MR) is 270 cm³/mol. The Bertz CT molecular complexity index is 1280. The van der Waals surface area contributed by atoms with E-state index in [1.54, 1.807) is 0 Å². The minimum atomic E-state index is -0.800. The number of allylic oxidation sites excluding steroid dienone is 16. The molecule has 0 aliphatic rings. The Kier molecular flexibility index (Phi) is 48.0. The van der Waals surface area contributed by atoms with Gasteiger partial charge in [0.05, 0.1) is 0 Å². The van der Waals surface area contributed by atoms with Crippen LogP contribution >= 0.6 is 0 Å². The van der Waals surface area contributed by atoms with Gasteiger partial charge < -0.3 is 14.2 Å². The van der Waals surface area contributed by atoms with E-state index in [-0.39, 0.29) is 31.1 Å². The lowest BCUT2D eigenvalue weighted by atomic mass is 10.0. The summed E-state index contributed by atoms with van der Waals surface area (Å²) in [6.45, 7) is 6.34. The Morgan fingerprint density at radius 3 is 1.16 bits per heavy atom. The number of unbranched alkanes of at least 4 members (excludes halogenated alkanes) is 20. The first kappa shape index (κ1) is 59.3. The number of carbonyl (C=O) groups excluding carboxylic acids is 3. The van der Waals surface area contributed by atoms with Gasteiger partial charge >= 0.3 is 17.9 Å². The van der Waals surface area contributed by atoms with Crippen LogP contribution in [0.2, 0.25) is 0 Å². The highest BCUT2D eigenvalue weighted by molar-refractivity contribution is 5.71. The van der Waals surface area contributed by atoms with Crippen molar-refractivity contribution in [3.05, 3.63) is 97.2 Å². The Morgan fingerprint density at radius 2 is 0.698 bits per heavy atom. The third kappa shape index (κ3) is 49.2. The second kappa shape index (κ2) is 51.0. The van der Waals surface area contributed by atoms with E-state index in [0.29, 0.717) is 19.3 Å². The molecule has 0 aromatic rings. The molecular weight excluding hydrogens is 781 g/mol. The molecule has 1 atom stereocenters. The van der Waals surface area contributed by atoms with Crippen LogP contribution in [0.1, 0.15) is 226 Å². The zero-order valence-electron chi connectivity index (χ0n) is 40.8. The van der Waals surface area contributed by atoms with Crippen LogP contribution in [-0.2, 0) is 28.6 Å². The number of ether oxygens (including phenoxy) is 3. The molecule has 0 N–H and O–H groups in total. The molecule has 0 fully saturated rings. The molecule has 0 radical (unpaired) electrons. The zero-order valence-corrected chi connectivity index (χ0v) is 40.8. The summed E-state index contributed by atoms with van der Waals surface area (Å²) in [5, 5.41) is 0. The van der Waals surface area contributed by atoms with Gasteiger partial charge in [-0.25, -0.2) is 0 Å². The summed E-state index contributed by atoms with van der Waals surface area (Å²) in [7, 11) is 0. The molecule has 0 rings (SSSR count). The van der Waals surface area contributed by atoms with Gasteiger partial charge in [0.15, 0.2) is 6.10 Å². The van der Waals surface area contributed by atoms with Gasteiger partial charge in [0.2, 0.25) is 0 Å². The maximum Gasteiger partial charge on any atom is 0.306 e. The molecule has 0 saturated carbocycles. The lowest BCUT2D eigenvalue weighted by Gasteiger charge is -2.18. The molecular formula is C57H94O6. The van der Waals surface area contributed by atoms with Crippen molar-refractivity contribution in [1.29, 1.82) is 0 Å². The van der Waals surface area contributed by atoms with Gasteiger partial charge in [-0.15, -0.1) is 0 Å². The Balaban J connectivity index is 4.46. The summed E-state index contributed by atoms with van der Waals surface area (Å²) >= 11 is 0. The molecule has 0 aliphatic carbocycles. The van der Waals surface area contributed by atoms with Gasteiger partial charge in [0, 0.05) is 19.3 Å². The molecule has 0 aromatic carbocycles. The maximum atomic E-state index is 12.8. The van der Waals surface area contributed by atoms with Gasteiger partial charge in [0.1, 0.15) is 13.2 Å². The fourth-order valence-electron chi connectivity index (χ4n) is 6.82. The summed E-state index contributed by atoms with van der Waals surface area (Å²) < 4.78 is 16.8. The topological polar surface area (TPSA) is 78.9 Å². The molecule has 6 heteroatoms. The van der Waals surface area contributed by atoms with Gasteiger partial charge in [-0.2, -0.15) is 0 Å². The highest BCUT2D eigenvalue weighted by Crippen LogP contribution is 2.14. The van der Waals surface area contributed by atoms with Crippen molar-refractivity contribution in [2.24, 2.45) is 0 Å². The Morgan fingerprint density at radius 1 is 0.349 bits per heavy atom. The SMILES string of the molecule is CC\C=C/C=C\C=C/CCCCCCCC(=O)OC(COC(=O)CCCCC/C=C\C/C=C\C/C=C\C/C=C\C/C=C\CC)COC(=O)CCCCCCCCCCCCCCC. The van der Waals surface area contributed by atoms with Crippen molar-refractivity contribution in [1.82, 2.24) is 0 Å². The Labute approximate surface area is 387 Å². The monoisotopic (exact) mass is 875 g/mol. The normalized spacial score (nSPS) is 12.9. The molecule has 0 bridgehead atoms. The second-order valence-corrected chi connectivity index (χ2v) is 16.7. The first-order chi connectivity index (χ1) is 31.0. The summed E-state index contributed by atoms with van der Waals surface area (Å²) in [6, 6.07) is 0. The zero-order chi connectivity index (χ0) is 45.8. The van der Waals surface area contributed by atoms with Crippen molar-refractivity contribution >= 4 is 17.9 Å². The second-order valence-electron chi connectivity index (χ2n) is 16.7. The molecule has 0 aliphatic heterocycles. The van der Waals surface area contributed by atoms with Crippen molar-refractivity contribution in [3.8, 4) is 0 Å². The highest BCUT2D eigenvalue weighted by atomic mass is 16.6. The van der Waals surface area contributed by atoms with E-state index in [0.717, 1.165) is 122 Å². The summed E-state index contributed by atoms with van der Waals surface area (Å²) in [6.07, 6.45) is 66.7. The number of rotatable bonds is 45. The largest absolute Gasteiger partial charge is 0.462 e. The van der Waals surface area contributed by atoms with Crippen molar-refractivity contribution in [2.75, 3.05) is 13.2 Å². The first-order valence-electron chi connectivity index (χ1n) is 25.8. The molecule has 0 aromatic heterocycles. The molecule has 0 amide bonds. The number of carbonyl (C=O) groups is 3. The lowest BCUT2D eigenvalue weighted by Crippen LogP contribution is -2.30. The third-order valence-electron chi connectivity index (χ3n) is 10.6. The van der Waals surface area contributed by atoms with Gasteiger partial charge in [0.25, 0.3) is 0 Å². The van der Waals surface area contributed by atoms with Crippen LogP contribution in [-0.4, -0.2) is 37.2 Å². The van der Waals surface area contributed by atoms with Crippen LogP contribution < -0.4 is 0 Å². The highest BCUT2D eigenvalue weighted by Gasteiger charge is 2.19. The number of hydrogen-bond donors (Lipinski definition) is 0. The van der Waals surface area contributed by atoms with Crippen LogP contribution in [0.5, 0.6) is 0 Å². The van der Waals surface area contributed by atoms with Gasteiger partial charge in [-0.3, -0.25) is 14.4 Å². The Hall–Kier alpha value is -3.67. The maximum absolute atomic E-state index is 12.8. The van der Waals surface area contributed by atoms with Crippen LogP contribution in [0, 0.1) is 0 Å². The van der Waals surface area contributed by atoms with E-state index >= 15 is 0 Å². The van der Waals surface area contributed by atoms with Crippen LogP contribution in [0.3, 0.4) is 0 Å². The molecule has 0 heterocycles. The van der Waals surface area contributed by atoms with E-state index in [1.807, 2.05) is 0 Å². The van der Waals surface area contributed by atoms with Crippen molar-refractivity contribution in [2.45, 2.75) is 232 Å².